The predicted molar refractivity (Wildman–Crippen MR) is 125 cm³/mol. The van der Waals surface area contributed by atoms with Crippen LogP contribution in [0.1, 0.15) is 78.7 Å². The van der Waals surface area contributed by atoms with E-state index in [1.807, 2.05) is 32.9 Å². The molecule has 1 fully saturated rings. The second-order valence-electron chi connectivity index (χ2n) is 8.38. The van der Waals surface area contributed by atoms with Gasteiger partial charge >= 0.3 is 0 Å². The number of phenols is 1. The maximum absolute atomic E-state index is 12.8. The number of hydrogen-bond donors (Lipinski definition) is 2. The van der Waals surface area contributed by atoms with Gasteiger partial charge in [0.25, 0.3) is 0 Å². The van der Waals surface area contributed by atoms with Crippen LogP contribution in [0.2, 0.25) is 0 Å². The first kappa shape index (κ1) is 23.5. The molecule has 1 amide bonds. The van der Waals surface area contributed by atoms with Gasteiger partial charge in [-0.3, -0.25) is 4.79 Å². The molecule has 0 radical (unpaired) electrons. The van der Waals surface area contributed by atoms with Gasteiger partial charge in [-0.05, 0) is 82.3 Å². The number of hydrogen-bond acceptors (Lipinski definition) is 4. The van der Waals surface area contributed by atoms with Crippen molar-refractivity contribution in [3.05, 3.63) is 35.4 Å². The lowest BCUT2D eigenvalue weighted by Crippen LogP contribution is -2.42. The number of rotatable bonds is 10. The van der Waals surface area contributed by atoms with Gasteiger partial charge in [0.2, 0.25) is 5.91 Å². The summed E-state index contributed by atoms with van der Waals surface area (Å²) < 4.78 is -0.482. The van der Waals surface area contributed by atoms with E-state index in [-0.39, 0.29) is 11.7 Å². The van der Waals surface area contributed by atoms with E-state index in [1.165, 1.54) is 18.4 Å². The number of aromatic hydroxyl groups is 1. The first-order chi connectivity index (χ1) is 13.8. The Morgan fingerprint density at radius 1 is 1.31 bits per heavy atom. The number of carbonyl (C=O) groups is 1. The van der Waals surface area contributed by atoms with Crippen LogP contribution in [0.15, 0.2) is 34.8 Å². The van der Waals surface area contributed by atoms with Gasteiger partial charge in [0.15, 0.2) is 0 Å². The summed E-state index contributed by atoms with van der Waals surface area (Å²) in [4.78, 5) is 17.6. The zero-order valence-electron chi connectivity index (χ0n) is 18.5. The Morgan fingerprint density at radius 3 is 2.62 bits per heavy atom. The lowest BCUT2D eigenvalue weighted by atomic mass is 9.99. The summed E-state index contributed by atoms with van der Waals surface area (Å²) in [5.41, 5.74) is 2.99. The Balaban J connectivity index is 2.24. The number of benzene rings is 1. The van der Waals surface area contributed by atoms with Crippen molar-refractivity contribution in [1.82, 2.24) is 5.32 Å². The van der Waals surface area contributed by atoms with Crippen LogP contribution in [0.5, 0.6) is 5.75 Å². The number of phenolic OH excluding ortho intramolecular Hbond substituents is 1. The average molecular weight is 417 g/mol. The third-order valence-corrected chi connectivity index (χ3v) is 6.76. The summed E-state index contributed by atoms with van der Waals surface area (Å²) in [7, 11) is 0. The minimum Gasteiger partial charge on any atom is -0.508 e. The van der Waals surface area contributed by atoms with E-state index in [0.29, 0.717) is 5.84 Å². The van der Waals surface area contributed by atoms with Crippen LogP contribution in [0.4, 0.5) is 0 Å². The van der Waals surface area contributed by atoms with Gasteiger partial charge in [-0.2, -0.15) is 0 Å². The zero-order valence-corrected chi connectivity index (χ0v) is 19.4. The quantitative estimate of drug-likeness (QED) is 0.355. The summed E-state index contributed by atoms with van der Waals surface area (Å²) in [5, 5.41) is 13.0. The van der Waals surface area contributed by atoms with Gasteiger partial charge in [-0.15, -0.1) is 11.8 Å². The van der Waals surface area contributed by atoms with Gasteiger partial charge in [-0.1, -0.05) is 32.4 Å². The van der Waals surface area contributed by atoms with Crippen molar-refractivity contribution in [3.8, 4) is 5.75 Å². The zero-order chi connectivity index (χ0) is 21.4. The third-order valence-electron chi connectivity index (χ3n) is 5.21. The number of aliphatic imine (C=N–C) groups is 1. The summed E-state index contributed by atoms with van der Waals surface area (Å²) in [5.74, 6) is 2.64. The summed E-state index contributed by atoms with van der Waals surface area (Å²) in [6.07, 6.45) is 6.64. The number of nitrogens with one attached hydrogen (secondary N) is 1. The molecule has 0 heterocycles. The van der Waals surface area contributed by atoms with Crippen molar-refractivity contribution in [2.24, 2.45) is 10.9 Å². The van der Waals surface area contributed by atoms with E-state index in [4.69, 9.17) is 4.99 Å². The number of nitrogens with zero attached hydrogens (tertiary/aromatic N) is 1. The normalized spacial score (nSPS) is 15.8. The Labute approximate surface area is 180 Å². The van der Waals surface area contributed by atoms with Crippen LogP contribution >= 0.6 is 11.8 Å². The molecule has 0 atom stereocenters. The van der Waals surface area contributed by atoms with Crippen molar-refractivity contribution < 1.29 is 9.90 Å². The smallest absolute Gasteiger partial charge is 0.240 e. The molecule has 4 nitrogen and oxygen atoms in total. The fourth-order valence-corrected chi connectivity index (χ4v) is 4.21. The first-order valence-corrected chi connectivity index (χ1v) is 11.8. The third kappa shape index (κ3) is 7.54. The van der Waals surface area contributed by atoms with Gasteiger partial charge in [0.05, 0.1) is 10.4 Å². The van der Waals surface area contributed by atoms with E-state index >= 15 is 0 Å². The van der Waals surface area contributed by atoms with Crippen molar-refractivity contribution in [2.45, 2.75) is 77.9 Å². The van der Waals surface area contributed by atoms with Crippen LogP contribution in [0, 0.1) is 5.92 Å². The van der Waals surface area contributed by atoms with Crippen molar-refractivity contribution in [3.63, 3.8) is 0 Å². The topological polar surface area (TPSA) is 61.7 Å². The number of amides is 1. The van der Waals surface area contributed by atoms with Crippen LogP contribution in [0.3, 0.4) is 0 Å². The number of allylic oxidation sites excluding steroid dienone is 1. The molecule has 0 unspecified atom stereocenters. The molecule has 1 aromatic carbocycles. The van der Waals surface area contributed by atoms with Gasteiger partial charge in [0, 0.05) is 5.56 Å². The number of carbonyl (C=O) groups excluding carboxylic acids is 1. The molecular formula is C24H36N2O2S. The Hall–Kier alpha value is -1.75. The molecule has 29 heavy (non-hydrogen) atoms. The van der Waals surface area contributed by atoms with E-state index in [0.717, 1.165) is 48.6 Å². The fraction of sp³-hybridized carbons (Fsp3) is 0.583. The molecule has 1 aliphatic carbocycles. The first-order valence-electron chi connectivity index (χ1n) is 10.8. The maximum Gasteiger partial charge on any atom is 0.240 e. The van der Waals surface area contributed by atoms with E-state index in [1.54, 1.807) is 23.9 Å². The molecule has 0 aliphatic heterocycles. The highest BCUT2D eigenvalue weighted by Gasteiger charge is 2.32. The molecule has 5 heteroatoms. The molecule has 1 aliphatic rings. The van der Waals surface area contributed by atoms with Crippen molar-refractivity contribution in [1.29, 1.82) is 0 Å². The largest absolute Gasteiger partial charge is 0.508 e. The monoisotopic (exact) mass is 416 g/mol. The molecule has 2 rings (SSSR count). The van der Waals surface area contributed by atoms with Crippen molar-refractivity contribution in [2.75, 3.05) is 5.75 Å². The van der Waals surface area contributed by atoms with Crippen LogP contribution in [-0.2, 0) is 4.79 Å². The van der Waals surface area contributed by atoms with Crippen LogP contribution in [0.25, 0.3) is 5.70 Å². The fourth-order valence-electron chi connectivity index (χ4n) is 3.04. The molecule has 0 saturated heterocycles. The predicted octanol–water partition coefficient (Wildman–Crippen LogP) is 6.16. The number of thioether (sulfide) groups is 1. The minimum absolute atomic E-state index is 0.00809. The van der Waals surface area contributed by atoms with Gasteiger partial charge in [-0.25, -0.2) is 4.99 Å². The second-order valence-corrected chi connectivity index (χ2v) is 10.0. The lowest BCUT2D eigenvalue weighted by Gasteiger charge is -2.23. The summed E-state index contributed by atoms with van der Waals surface area (Å²) >= 11 is 1.73. The maximum atomic E-state index is 12.8. The Morgan fingerprint density at radius 2 is 2.03 bits per heavy atom. The second kappa shape index (κ2) is 10.9. The Kier molecular flexibility index (Phi) is 8.81. The molecule has 0 aromatic heterocycles. The SMILES string of the molecule is CCCCC(CC)=C(N=C(C)NC(=O)C(C)(C)SCC1CC1)c1cccc(O)c1. The molecule has 0 bridgehead atoms. The number of amidine groups is 1. The molecule has 1 aromatic rings. The Bertz CT molecular complexity index is 764. The molecular weight excluding hydrogens is 380 g/mol. The lowest BCUT2D eigenvalue weighted by molar-refractivity contribution is -0.121. The highest BCUT2D eigenvalue weighted by molar-refractivity contribution is 8.01. The highest BCUT2D eigenvalue weighted by Crippen LogP contribution is 2.37. The molecule has 160 valence electrons. The molecule has 1 saturated carbocycles. The van der Waals surface area contributed by atoms with E-state index in [9.17, 15) is 9.90 Å². The van der Waals surface area contributed by atoms with E-state index < -0.39 is 4.75 Å². The molecule has 0 spiro atoms. The molecule has 2 N–H and O–H groups in total. The van der Waals surface area contributed by atoms with Gasteiger partial charge < -0.3 is 10.4 Å². The van der Waals surface area contributed by atoms with Crippen molar-refractivity contribution >= 4 is 29.2 Å². The van der Waals surface area contributed by atoms with Gasteiger partial charge in [0.1, 0.15) is 11.6 Å². The summed E-state index contributed by atoms with van der Waals surface area (Å²) in [6.45, 7) is 10.1. The van der Waals surface area contributed by atoms with E-state index in [2.05, 4.69) is 19.2 Å². The van der Waals surface area contributed by atoms with Crippen LogP contribution < -0.4 is 5.32 Å². The minimum atomic E-state index is -0.482. The average Bonchev–Trinajstić information content (AvgIpc) is 3.50. The summed E-state index contributed by atoms with van der Waals surface area (Å²) in [6, 6.07) is 7.20. The highest BCUT2D eigenvalue weighted by atomic mass is 32.2. The number of unbranched alkanes of at least 4 members (excludes halogenated alkanes) is 1. The standard InChI is InChI=1S/C24H36N2O2S/c1-6-8-10-19(7-2)22(20-11-9-12-21(27)15-20)25-17(3)26-23(28)24(4,5)29-16-18-13-14-18/h9,11-12,15,18,27H,6-8,10,13-14,16H2,1-5H3,(H,25,26,28). The van der Waals surface area contributed by atoms with Crippen LogP contribution in [-0.4, -0.2) is 27.3 Å².